The first-order chi connectivity index (χ1) is 5.92. The van der Waals surface area contributed by atoms with Gasteiger partial charge in [-0.25, -0.2) is 0 Å². The van der Waals surface area contributed by atoms with Crippen LogP contribution in [-0.2, 0) is 6.42 Å². The first-order valence-electron chi connectivity index (χ1n) is 4.26. The summed E-state index contributed by atoms with van der Waals surface area (Å²) in [6.45, 7) is 1.11. The van der Waals surface area contributed by atoms with Crippen molar-refractivity contribution in [3.8, 4) is 0 Å². The molecule has 1 aliphatic heterocycles. The van der Waals surface area contributed by atoms with Crippen molar-refractivity contribution in [2.45, 2.75) is 11.8 Å². The molecule has 1 nitrogen and oxygen atoms in total. The zero-order valence-corrected chi connectivity index (χ0v) is 8.03. The monoisotopic (exact) mass is 179 g/mol. The Labute approximate surface area is 77.6 Å². The molecule has 1 heterocycles. The lowest BCUT2D eigenvalue weighted by Gasteiger charge is -2.25. The third kappa shape index (κ3) is 1.37. The van der Waals surface area contributed by atoms with E-state index in [-0.39, 0.29) is 0 Å². The van der Waals surface area contributed by atoms with Crippen LogP contribution in [0.15, 0.2) is 24.3 Å². The van der Waals surface area contributed by atoms with Crippen LogP contribution in [0.4, 0.5) is 0 Å². The molecule has 0 aromatic heterocycles. The summed E-state index contributed by atoms with van der Waals surface area (Å²) in [7, 11) is 0. The molecule has 1 atom stereocenters. The zero-order chi connectivity index (χ0) is 8.39. The van der Waals surface area contributed by atoms with Crippen LogP contribution in [0.3, 0.4) is 0 Å². The molecule has 1 aliphatic rings. The van der Waals surface area contributed by atoms with Gasteiger partial charge in [0.2, 0.25) is 0 Å². The van der Waals surface area contributed by atoms with E-state index in [0.29, 0.717) is 5.37 Å². The summed E-state index contributed by atoms with van der Waals surface area (Å²) < 4.78 is 0. The Morgan fingerprint density at radius 1 is 1.42 bits per heavy atom. The molecular weight excluding hydrogens is 166 g/mol. The Morgan fingerprint density at radius 2 is 2.25 bits per heavy atom. The molecule has 1 aromatic carbocycles. The lowest BCUT2D eigenvalue weighted by molar-refractivity contribution is 0.631. The molecule has 2 heteroatoms. The molecule has 0 amide bonds. The molecule has 2 rings (SSSR count). The molecule has 0 radical (unpaired) electrons. The second-order valence-electron chi connectivity index (χ2n) is 3.02. The first-order valence-corrected chi connectivity index (χ1v) is 5.54. The normalized spacial score (nSPS) is 21.9. The largest absolute Gasteiger partial charge is 0.301 e. The van der Waals surface area contributed by atoms with Gasteiger partial charge in [0.15, 0.2) is 0 Å². The molecule has 0 fully saturated rings. The molecule has 1 aromatic rings. The standard InChI is InChI=1S/C10H13NS/c1-12-10-9-5-3-2-4-8(9)6-7-11-10/h2-5,10-11H,6-7H2,1H3. The van der Waals surface area contributed by atoms with Crippen molar-refractivity contribution in [3.63, 3.8) is 0 Å². The smallest absolute Gasteiger partial charge is 0.0789 e. The fourth-order valence-corrected chi connectivity index (χ4v) is 2.44. The third-order valence-corrected chi connectivity index (χ3v) is 3.19. The maximum atomic E-state index is 3.49. The molecule has 0 aliphatic carbocycles. The average molecular weight is 179 g/mol. The van der Waals surface area contributed by atoms with E-state index in [2.05, 4.69) is 35.8 Å². The second kappa shape index (κ2) is 3.50. The highest BCUT2D eigenvalue weighted by atomic mass is 32.2. The van der Waals surface area contributed by atoms with Crippen LogP contribution in [0.25, 0.3) is 0 Å². The number of benzene rings is 1. The van der Waals surface area contributed by atoms with Crippen LogP contribution in [0, 0.1) is 0 Å². The number of fused-ring (bicyclic) bond motifs is 1. The highest BCUT2D eigenvalue weighted by Gasteiger charge is 2.16. The lowest BCUT2D eigenvalue weighted by Crippen LogP contribution is -2.27. The van der Waals surface area contributed by atoms with E-state index < -0.39 is 0 Å². The fourth-order valence-electron chi connectivity index (χ4n) is 1.68. The molecule has 0 spiro atoms. The highest BCUT2D eigenvalue weighted by Crippen LogP contribution is 2.29. The molecule has 1 N–H and O–H groups in total. The van der Waals surface area contributed by atoms with E-state index in [4.69, 9.17) is 0 Å². The van der Waals surface area contributed by atoms with Crippen molar-refractivity contribution in [1.29, 1.82) is 0 Å². The van der Waals surface area contributed by atoms with Gasteiger partial charge in [0.25, 0.3) is 0 Å². The van der Waals surface area contributed by atoms with E-state index in [1.807, 2.05) is 11.8 Å². The topological polar surface area (TPSA) is 12.0 Å². The summed E-state index contributed by atoms with van der Waals surface area (Å²) in [4.78, 5) is 0. The molecule has 64 valence electrons. The molecule has 1 unspecified atom stereocenters. The van der Waals surface area contributed by atoms with Gasteiger partial charge in [-0.05, 0) is 23.8 Å². The lowest BCUT2D eigenvalue weighted by atomic mass is 10.0. The zero-order valence-electron chi connectivity index (χ0n) is 7.21. The van der Waals surface area contributed by atoms with Gasteiger partial charge in [-0.3, -0.25) is 0 Å². The summed E-state index contributed by atoms with van der Waals surface area (Å²) in [5, 5.41) is 4.00. The molecular formula is C10H13NS. The van der Waals surface area contributed by atoms with E-state index in [9.17, 15) is 0 Å². The summed E-state index contributed by atoms with van der Waals surface area (Å²) in [6.07, 6.45) is 3.33. The average Bonchev–Trinajstić information content (AvgIpc) is 2.17. The minimum Gasteiger partial charge on any atom is -0.301 e. The highest BCUT2D eigenvalue weighted by molar-refractivity contribution is 7.98. The Bertz CT molecular complexity index is 272. The van der Waals surface area contributed by atoms with Gasteiger partial charge >= 0.3 is 0 Å². The fraction of sp³-hybridized carbons (Fsp3) is 0.400. The minimum absolute atomic E-state index is 0.509. The quantitative estimate of drug-likeness (QED) is 0.709. The van der Waals surface area contributed by atoms with Crippen LogP contribution in [-0.4, -0.2) is 12.8 Å². The van der Waals surface area contributed by atoms with Crippen LogP contribution in [0.2, 0.25) is 0 Å². The van der Waals surface area contributed by atoms with Gasteiger partial charge in [-0.2, -0.15) is 0 Å². The van der Waals surface area contributed by atoms with Gasteiger partial charge in [0.1, 0.15) is 0 Å². The van der Waals surface area contributed by atoms with Gasteiger partial charge in [0, 0.05) is 6.54 Å². The predicted octanol–water partition coefficient (Wildman–Crippen LogP) is 2.19. The minimum atomic E-state index is 0.509. The van der Waals surface area contributed by atoms with Crippen molar-refractivity contribution in [1.82, 2.24) is 5.32 Å². The van der Waals surface area contributed by atoms with Crippen LogP contribution in [0.1, 0.15) is 16.5 Å². The van der Waals surface area contributed by atoms with Crippen molar-refractivity contribution < 1.29 is 0 Å². The van der Waals surface area contributed by atoms with Crippen LogP contribution >= 0.6 is 11.8 Å². The Balaban J connectivity index is 2.37. The summed E-state index contributed by atoms with van der Waals surface area (Å²) in [5.41, 5.74) is 2.98. The van der Waals surface area contributed by atoms with Crippen LogP contribution < -0.4 is 5.32 Å². The summed E-state index contributed by atoms with van der Waals surface area (Å²) in [5.74, 6) is 0. The molecule has 0 saturated heterocycles. The SMILES string of the molecule is CSC1NCCc2ccccc21. The van der Waals surface area contributed by atoms with E-state index >= 15 is 0 Å². The molecule has 0 saturated carbocycles. The Hall–Kier alpha value is -0.470. The number of nitrogens with one attached hydrogen (secondary N) is 1. The Kier molecular flexibility index (Phi) is 2.38. The molecule has 12 heavy (non-hydrogen) atoms. The number of hydrogen-bond donors (Lipinski definition) is 1. The first kappa shape index (κ1) is 8.14. The van der Waals surface area contributed by atoms with E-state index in [1.165, 1.54) is 17.5 Å². The second-order valence-corrected chi connectivity index (χ2v) is 3.96. The Morgan fingerprint density at radius 3 is 3.08 bits per heavy atom. The van der Waals surface area contributed by atoms with Crippen LogP contribution in [0.5, 0.6) is 0 Å². The number of hydrogen-bond acceptors (Lipinski definition) is 2. The van der Waals surface area contributed by atoms with Crippen molar-refractivity contribution in [2.24, 2.45) is 0 Å². The maximum Gasteiger partial charge on any atom is 0.0789 e. The van der Waals surface area contributed by atoms with Crippen molar-refractivity contribution in [2.75, 3.05) is 12.8 Å². The maximum absolute atomic E-state index is 3.49. The van der Waals surface area contributed by atoms with Gasteiger partial charge in [-0.1, -0.05) is 24.3 Å². The van der Waals surface area contributed by atoms with E-state index in [1.54, 1.807) is 0 Å². The van der Waals surface area contributed by atoms with Gasteiger partial charge in [-0.15, -0.1) is 11.8 Å². The van der Waals surface area contributed by atoms with E-state index in [0.717, 1.165) is 6.54 Å². The van der Waals surface area contributed by atoms with Crippen molar-refractivity contribution in [3.05, 3.63) is 35.4 Å². The predicted molar refractivity (Wildman–Crippen MR) is 54.4 cm³/mol. The number of rotatable bonds is 1. The third-order valence-electron chi connectivity index (χ3n) is 2.30. The summed E-state index contributed by atoms with van der Waals surface area (Å²) in [6, 6.07) is 8.71. The van der Waals surface area contributed by atoms with Gasteiger partial charge in [0.05, 0.1) is 5.37 Å². The van der Waals surface area contributed by atoms with Crippen molar-refractivity contribution >= 4 is 11.8 Å². The van der Waals surface area contributed by atoms with Gasteiger partial charge < -0.3 is 5.32 Å². The number of thioether (sulfide) groups is 1. The summed E-state index contributed by atoms with van der Waals surface area (Å²) >= 11 is 1.88. The molecule has 0 bridgehead atoms.